The first-order chi connectivity index (χ1) is 49.7. The molecule has 0 aliphatic rings. The lowest BCUT2D eigenvalue weighted by Gasteiger charge is -2.21. The minimum atomic E-state index is -5.01. The van der Waals surface area contributed by atoms with Gasteiger partial charge in [-0.2, -0.15) is 0 Å². The number of hydrogen-bond acceptors (Lipinski definition) is 15. The minimum absolute atomic E-state index is 0.0231. The van der Waals surface area contributed by atoms with Gasteiger partial charge in [-0.05, 0) is 135 Å². The van der Waals surface area contributed by atoms with Crippen molar-refractivity contribution in [3.63, 3.8) is 0 Å². The molecule has 5 unspecified atom stereocenters. The van der Waals surface area contributed by atoms with Crippen LogP contribution in [0.4, 0.5) is 0 Å². The third kappa shape index (κ3) is 73.0. The van der Waals surface area contributed by atoms with Gasteiger partial charge >= 0.3 is 39.5 Å². The molecule has 0 aromatic heterocycles. The Morgan fingerprint density at radius 1 is 0.284 bits per heavy atom. The molecule has 5 atom stereocenters. The van der Waals surface area contributed by atoms with Crippen LogP contribution in [0.5, 0.6) is 0 Å². The van der Waals surface area contributed by atoms with Gasteiger partial charge in [0.05, 0.1) is 26.4 Å². The van der Waals surface area contributed by atoms with Gasteiger partial charge in [0, 0.05) is 25.7 Å². The molecule has 102 heavy (non-hydrogen) atoms. The average molecular weight is 1470 g/mol. The first-order valence-corrected chi connectivity index (χ1v) is 41.7. The van der Waals surface area contributed by atoms with Gasteiger partial charge in [0.25, 0.3) is 0 Å². The Kier molecular flexibility index (Phi) is 70.1. The van der Waals surface area contributed by atoms with Crippen LogP contribution < -0.4 is 0 Å². The normalized spacial score (nSPS) is 14.8. The summed E-state index contributed by atoms with van der Waals surface area (Å²) in [6.07, 6.45) is 85.4. The van der Waals surface area contributed by atoms with Crippen molar-refractivity contribution < 1.29 is 80.2 Å². The Morgan fingerprint density at radius 3 is 0.892 bits per heavy atom. The van der Waals surface area contributed by atoms with Crippen molar-refractivity contribution in [3.8, 4) is 0 Å². The van der Waals surface area contributed by atoms with Crippen LogP contribution in [0.15, 0.2) is 158 Å². The Bertz CT molecular complexity index is 2550. The zero-order valence-corrected chi connectivity index (χ0v) is 65.0. The average Bonchev–Trinajstić information content (AvgIpc) is 0.940. The molecule has 0 heterocycles. The van der Waals surface area contributed by atoms with Crippen LogP contribution >= 0.6 is 15.6 Å². The number of ether oxygens (including phenoxy) is 4. The summed E-state index contributed by atoms with van der Waals surface area (Å²) in [5.74, 6) is -2.33. The molecule has 0 amide bonds. The second-order valence-electron chi connectivity index (χ2n) is 25.2. The molecule has 0 aromatic rings. The van der Waals surface area contributed by atoms with Gasteiger partial charge in [0.1, 0.15) is 19.3 Å². The number of rotatable bonds is 71. The Labute approximate surface area is 617 Å². The maximum Gasteiger partial charge on any atom is 0.472 e. The van der Waals surface area contributed by atoms with Crippen molar-refractivity contribution in [1.82, 2.24) is 0 Å². The molecule has 0 aliphatic heterocycles. The predicted molar refractivity (Wildman–Crippen MR) is 417 cm³/mol. The summed E-state index contributed by atoms with van der Waals surface area (Å²) in [5, 5.41) is 10.6. The number of hydrogen-bond donors (Lipinski definition) is 3. The van der Waals surface area contributed by atoms with E-state index in [-0.39, 0.29) is 25.7 Å². The van der Waals surface area contributed by atoms with E-state index in [4.69, 9.17) is 37.0 Å². The summed E-state index contributed by atoms with van der Waals surface area (Å²) in [6.45, 7) is 4.42. The quantitative estimate of drug-likeness (QED) is 0.0169. The predicted octanol–water partition coefficient (Wildman–Crippen LogP) is 22.4. The van der Waals surface area contributed by atoms with E-state index in [1.165, 1.54) is 38.5 Å². The molecule has 0 radical (unpaired) electrons. The number of esters is 4. The van der Waals surface area contributed by atoms with Crippen LogP contribution in [0.3, 0.4) is 0 Å². The summed E-state index contributed by atoms with van der Waals surface area (Å²) in [6, 6.07) is 0. The van der Waals surface area contributed by atoms with E-state index < -0.39 is 97.5 Å². The molecule has 0 rings (SSSR count). The van der Waals surface area contributed by atoms with Crippen molar-refractivity contribution in [2.24, 2.45) is 0 Å². The molecule has 0 spiro atoms. The molecule has 17 nitrogen and oxygen atoms in total. The van der Waals surface area contributed by atoms with Gasteiger partial charge in [-0.15, -0.1) is 0 Å². The molecular weight excluding hydrogens is 1330 g/mol. The summed E-state index contributed by atoms with van der Waals surface area (Å²) in [5.41, 5.74) is 0. The summed E-state index contributed by atoms with van der Waals surface area (Å²) in [7, 11) is -9.99. The molecule has 0 fully saturated rings. The maximum absolute atomic E-state index is 13.1. The largest absolute Gasteiger partial charge is 0.472 e. The zero-order valence-electron chi connectivity index (χ0n) is 63.2. The first kappa shape index (κ1) is 96.7. The fraction of sp³-hybridized carbons (Fsp3) is 0.639. The summed E-state index contributed by atoms with van der Waals surface area (Å²) >= 11 is 0. The lowest BCUT2D eigenvalue weighted by Crippen LogP contribution is -2.30. The summed E-state index contributed by atoms with van der Waals surface area (Å²) in [4.78, 5) is 72.8. The maximum atomic E-state index is 13.1. The van der Waals surface area contributed by atoms with Crippen LogP contribution in [0.25, 0.3) is 0 Å². The highest BCUT2D eigenvalue weighted by atomic mass is 31.2. The lowest BCUT2D eigenvalue weighted by atomic mass is 10.1. The smallest absolute Gasteiger partial charge is 0.462 e. The van der Waals surface area contributed by atoms with Crippen LogP contribution in [-0.2, 0) is 65.4 Å². The third-order valence-electron chi connectivity index (χ3n) is 15.5. The molecule has 0 saturated heterocycles. The molecule has 0 aromatic carbocycles. The first-order valence-electron chi connectivity index (χ1n) is 38.7. The highest BCUT2D eigenvalue weighted by Crippen LogP contribution is 2.45. The van der Waals surface area contributed by atoms with Gasteiger partial charge < -0.3 is 33.8 Å². The number of phosphoric acid groups is 2. The van der Waals surface area contributed by atoms with Crippen LogP contribution in [0.2, 0.25) is 0 Å². The fourth-order valence-electron chi connectivity index (χ4n) is 9.66. The monoisotopic (exact) mass is 1470 g/mol. The number of phosphoric ester groups is 2. The molecule has 0 saturated carbocycles. The third-order valence-corrected chi connectivity index (χ3v) is 17.4. The van der Waals surface area contributed by atoms with Crippen molar-refractivity contribution in [2.45, 2.75) is 303 Å². The van der Waals surface area contributed by atoms with Crippen LogP contribution in [-0.4, -0.2) is 96.7 Å². The number of aliphatic hydroxyl groups excluding tert-OH is 1. The van der Waals surface area contributed by atoms with E-state index in [0.29, 0.717) is 32.1 Å². The van der Waals surface area contributed by atoms with E-state index in [9.17, 15) is 43.2 Å². The number of carbonyl (C=O) groups is 4. The minimum Gasteiger partial charge on any atom is -0.462 e. The standard InChI is InChI=1S/C83H136O17P2/c1-5-9-13-17-21-25-29-32-34-36-38-40-42-45-49-52-56-60-64-68-81(86)94-74-79(100-83(88)70-66-62-58-54-50-46-43-41-39-37-35-33-30-26-22-18-14-10-6-2)76-98-102(91,92)96-72-77(84)71-95-101(89,90)97-75-78(99-82(87)69-65-61-57-53-47-28-24-20-16-12-8-4)73-93-80(85)67-63-59-55-51-48-44-31-27-23-19-15-11-7-3/h9-10,13-15,19,21-22,25-27,31-35,38-41,45-46,49-50,56,60,77-79,84H,5-8,11-12,16-18,20,23-24,28-30,36-37,42-44,47-48,51-55,57-59,61-76H2,1-4H3,(H,89,90)(H,91,92)/b13-9-,14-10-,19-15-,25-21-,26-22-,31-27-,34-32-,35-33-,40-38-,41-39-,49-45-,50-46-,60-56-. The van der Waals surface area contributed by atoms with Crippen LogP contribution in [0.1, 0.15) is 285 Å². The second kappa shape index (κ2) is 74.0. The van der Waals surface area contributed by atoms with Gasteiger partial charge in [0.2, 0.25) is 0 Å². The lowest BCUT2D eigenvalue weighted by molar-refractivity contribution is -0.161. The molecule has 0 aliphatic carbocycles. The molecule has 3 N–H and O–H groups in total. The van der Waals surface area contributed by atoms with Crippen molar-refractivity contribution >= 4 is 39.5 Å². The van der Waals surface area contributed by atoms with E-state index in [0.717, 1.165) is 161 Å². The number of carbonyl (C=O) groups excluding carboxylic acids is 4. The van der Waals surface area contributed by atoms with E-state index in [2.05, 4.69) is 167 Å². The highest BCUT2D eigenvalue weighted by molar-refractivity contribution is 7.47. The van der Waals surface area contributed by atoms with Gasteiger partial charge in [-0.25, -0.2) is 9.13 Å². The van der Waals surface area contributed by atoms with E-state index >= 15 is 0 Å². The second-order valence-corrected chi connectivity index (χ2v) is 28.1. The van der Waals surface area contributed by atoms with Gasteiger partial charge in [-0.3, -0.25) is 37.3 Å². The van der Waals surface area contributed by atoms with Crippen molar-refractivity contribution in [1.29, 1.82) is 0 Å². The van der Waals surface area contributed by atoms with Crippen molar-refractivity contribution in [2.75, 3.05) is 39.6 Å². The van der Waals surface area contributed by atoms with Crippen LogP contribution in [0, 0.1) is 0 Å². The van der Waals surface area contributed by atoms with Crippen molar-refractivity contribution in [3.05, 3.63) is 158 Å². The Balaban J connectivity index is 5.46. The highest BCUT2D eigenvalue weighted by Gasteiger charge is 2.30. The molecule has 0 bridgehead atoms. The molecule has 19 heteroatoms. The van der Waals surface area contributed by atoms with E-state index in [1.54, 1.807) is 0 Å². The van der Waals surface area contributed by atoms with Gasteiger partial charge in [-0.1, -0.05) is 282 Å². The van der Waals surface area contributed by atoms with Gasteiger partial charge in [0.15, 0.2) is 12.2 Å². The topological polar surface area (TPSA) is 237 Å². The Morgan fingerprint density at radius 2 is 0.549 bits per heavy atom. The zero-order chi connectivity index (χ0) is 74.6. The Hall–Kier alpha value is -5.32. The van der Waals surface area contributed by atoms with E-state index in [1.807, 2.05) is 18.2 Å². The molecule has 580 valence electrons. The SMILES string of the molecule is CC/C=C\C/C=C\C/C=C\C/C=C\C/C=C\C/C=C\CCC(=O)OCC(COP(=O)(O)OCC(O)COP(=O)(O)OCC(COC(=O)CCCCCCC/C=C\C/C=C\CCC)OC(=O)CCCCCCCCCCCCC)OC(=O)CCCCC/C=C\C/C=C\C/C=C\C/C=C\C/C=C\CC. The fourth-order valence-corrected chi connectivity index (χ4v) is 11.2. The summed E-state index contributed by atoms with van der Waals surface area (Å²) < 4.78 is 68.4. The number of allylic oxidation sites excluding steroid dienone is 26. The number of aliphatic hydroxyl groups is 1. The molecular formula is C83H136O17P2. The number of unbranched alkanes of at least 4 members (excludes halogenated alkanes) is 19.